The quantitative estimate of drug-likeness (QED) is 0.248. The van der Waals surface area contributed by atoms with Crippen LogP contribution in [0.3, 0.4) is 0 Å². The molecule has 0 atom stereocenters. The van der Waals surface area contributed by atoms with Crippen LogP contribution in [0.25, 0.3) is 6.08 Å². The molecule has 0 N–H and O–H groups in total. The summed E-state index contributed by atoms with van der Waals surface area (Å²) in [6, 6.07) is 8.66. The Bertz CT molecular complexity index is 945. The first-order valence-electron chi connectivity index (χ1n) is 8.89. The second kappa shape index (κ2) is 10.9. The third kappa shape index (κ3) is 6.26. The summed E-state index contributed by atoms with van der Waals surface area (Å²) in [7, 11) is 1.64. The van der Waals surface area contributed by atoms with E-state index < -0.39 is 5.97 Å². The van der Waals surface area contributed by atoms with Gasteiger partial charge < -0.3 is 18.8 Å². The van der Waals surface area contributed by atoms with Crippen LogP contribution in [0.1, 0.15) is 17.0 Å². The topological polar surface area (TPSA) is 73.5 Å². The summed E-state index contributed by atoms with van der Waals surface area (Å²) in [5.41, 5.74) is 2.67. The van der Waals surface area contributed by atoms with E-state index in [4.69, 9.17) is 37.4 Å². The van der Waals surface area contributed by atoms with Gasteiger partial charge in [0.05, 0.1) is 11.6 Å². The average molecular weight is 437 g/mol. The zero-order valence-corrected chi connectivity index (χ0v) is 18.0. The maximum absolute atomic E-state index is 12.2. The van der Waals surface area contributed by atoms with Crippen LogP contribution in [0.2, 0.25) is 10.0 Å². The molecule has 29 heavy (non-hydrogen) atoms. The van der Waals surface area contributed by atoms with Crippen LogP contribution in [0.15, 0.2) is 29.8 Å². The van der Waals surface area contributed by atoms with Gasteiger partial charge in [0.25, 0.3) is 0 Å². The summed E-state index contributed by atoms with van der Waals surface area (Å²) < 4.78 is 17.8. The van der Waals surface area contributed by atoms with Gasteiger partial charge in [0.2, 0.25) is 0 Å². The molecule has 0 aliphatic heterocycles. The zero-order chi connectivity index (χ0) is 21.4. The van der Waals surface area contributed by atoms with Crippen molar-refractivity contribution in [1.82, 2.24) is 4.57 Å². The number of esters is 1. The molecule has 0 bridgehead atoms. The average Bonchev–Trinajstić information content (AvgIpc) is 2.95. The van der Waals surface area contributed by atoms with Crippen molar-refractivity contribution in [2.24, 2.45) is 0 Å². The van der Waals surface area contributed by atoms with Crippen LogP contribution >= 0.6 is 23.2 Å². The lowest BCUT2D eigenvalue weighted by molar-refractivity contribution is -0.139. The lowest BCUT2D eigenvalue weighted by atomic mass is 10.1. The Balaban J connectivity index is 1.97. The van der Waals surface area contributed by atoms with Crippen LogP contribution in [-0.2, 0) is 20.8 Å². The summed E-state index contributed by atoms with van der Waals surface area (Å²) in [5, 5.41) is 10.2. The van der Waals surface area contributed by atoms with E-state index in [1.54, 1.807) is 25.3 Å². The number of ether oxygens (including phenoxy) is 3. The summed E-state index contributed by atoms with van der Waals surface area (Å²) >= 11 is 11.8. The van der Waals surface area contributed by atoms with Crippen molar-refractivity contribution in [3.05, 3.63) is 56.8 Å². The van der Waals surface area contributed by atoms with E-state index in [0.717, 1.165) is 17.0 Å². The number of rotatable bonds is 9. The second-order valence-corrected chi connectivity index (χ2v) is 7.04. The van der Waals surface area contributed by atoms with Crippen molar-refractivity contribution in [3.63, 3.8) is 0 Å². The molecule has 0 fully saturated rings. The lowest BCUT2D eigenvalue weighted by Crippen LogP contribution is -2.13. The van der Waals surface area contributed by atoms with E-state index in [1.165, 1.54) is 6.08 Å². The minimum absolute atomic E-state index is 0.0241. The molecule has 8 heteroatoms. The number of nitriles is 1. The van der Waals surface area contributed by atoms with Gasteiger partial charge in [-0.05, 0) is 49.8 Å². The van der Waals surface area contributed by atoms with Crippen molar-refractivity contribution in [3.8, 4) is 11.8 Å². The molecule has 0 saturated heterocycles. The Morgan fingerprint density at radius 1 is 1.21 bits per heavy atom. The van der Waals surface area contributed by atoms with Crippen LogP contribution in [0.5, 0.6) is 5.75 Å². The van der Waals surface area contributed by atoms with Gasteiger partial charge in [-0.25, -0.2) is 4.79 Å². The molecule has 0 aliphatic rings. The van der Waals surface area contributed by atoms with Gasteiger partial charge in [0.15, 0.2) is 0 Å². The number of benzene rings is 1. The second-order valence-electron chi connectivity index (χ2n) is 6.20. The van der Waals surface area contributed by atoms with Crippen LogP contribution in [0.4, 0.5) is 0 Å². The predicted molar refractivity (Wildman–Crippen MR) is 112 cm³/mol. The number of nitrogens with zero attached hydrogens (tertiary/aromatic N) is 2. The van der Waals surface area contributed by atoms with Crippen molar-refractivity contribution in [2.75, 3.05) is 26.9 Å². The first kappa shape index (κ1) is 22.8. The Kier molecular flexibility index (Phi) is 8.59. The molecular formula is C21H22Cl2N2O4. The Morgan fingerprint density at radius 2 is 1.97 bits per heavy atom. The fraction of sp³-hybridized carbons (Fsp3) is 0.333. The summed E-state index contributed by atoms with van der Waals surface area (Å²) in [5.74, 6) is -0.272. The molecule has 0 aliphatic carbocycles. The van der Waals surface area contributed by atoms with Crippen LogP contribution < -0.4 is 4.74 Å². The zero-order valence-electron chi connectivity index (χ0n) is 16.5. The monoisotopic (exact) mass is 436 g/mol. The summed E-state index contributed by atoms with van der Waals surface area (Å²) in [6.45, 7) is 5.23. The largest absolute Gasteiger partial charge is 0.488 e. The Labute approximate surface area is 180 Å². The molecule has 0 radical (unpaired) electrons. The van der Waals surface area contributed by atoms with Crippen molar-refractivity contribution in [2.45, 2.75) is 20.4 Å². The number of aromatic nitrogens is 1. The highest BCUT2D eigenvalue weighted by Gasteiger charge is 2.14. The van der Waals surface area contributed by atoms with Gasteiger partial charge in [-0.2, -0.15) is 5.26 Å². The molecular weight excluding hydrogens is 415 g/mol. The molecule has 2 rings (SSSR count). The maximum atomic E-state index is 12.2. The molecule has 0 unspecified atom stereocenters. The predicted octanol–water partition coefficient (Wildman–Crippen LogP) is 4.59. The molecule has 154 valence electrons. The maximum Gasteiger partial charge on any atom is 0.349 e. The highest BCUT2D eigenvalue weighted by atomic mass is 35.5. The third-order valence-electron chi connectivity index (χ3n) is 4.24. The molecule has 6 nitrogen and oxygen atoms in total. The number of aryl methyl sites for hydroxylation is 1. The van der Waals surface area contributed by atoms with Gasteiger partial charge in [-0.3, -0.25) is 0 Å². The molecule has 1 aromatic heterocycles. The van der Waals surface area contributed by atoms with Crippen LogP contribution in [-0.4, -0.2) is 37.5 Å². The van der Waals surface area contributed by atoms with Crippen LogP contribution in [0, 0.1) is 25.2 Å². The van der Waals surface area contributed by atoms with E-state index in [2.05, 4.69) is 4.57 Å². The third-order valence-corrected chi connectivity index (χ3v) is 4.77. The number of halogens is 2. The van der Waals surface area contributed by atoms with E-state index in [9.17, 15) is 10.1 Å². The molecule has 0 saturated carbocycles. The van der Waals surface area contributed by atoms with E-state index >= 15 is 0 Å². The van der Waals surface area contributed by atoms with Crippen molar-refractivity contribution < 1.29 is 19.0 Å². The van der Waals surface area contributed by atoms with Gasteiger partial charge in [0, 0.05) is 30.1 Å². The van der Waals surface area contributed by atoms with Gasteiger partial charge in [0.1, 0.15) is 30.6 Å². The van der Waals surface area contributed by atoms with E-state index in [1.807, 2.05) is 26.0 Å². The van der Waals surface area contributed by atoms with Gasteiger partial charge in [-0.1, -0.05) is 23.2 Å². The molecule has 2 aromatic rings. The Morgan fingerprint density at radius 3 is 2.62 bits per heavy atom. The fourth-order valence-corrected chi connectivity index (χ4v) is 3.21. The first-order chi connectivity index (χ1) is 13.9. The smallest absolute Gasteiger partial charge is 0.349 e. The highest BCUT2D eigenvalue weighted by molar-refractivity contribution is 6.35. The number of methoxy groups -OCH3 is 1. The Hall–Kier alpha value is -2.46. The fourth-order valence-electron chi connectivity index (χ4n) is 2.75. The summed E-state index contributed by atoms with van der Waals surface area (Å²) in [6.07, 6.45) is 1.53. The number of carbonyl (C=O) groups is 1. The van der Waals surface area contributed by atoms with E-state index in [0.29, 0.717) is 28.9 Å². The molecule has 1 heterocycles. The van der Waals surface area contributed by atoms with E-state index in [-0.39, 0.29) is 18.8 Å². The minimum Gasteiger partial charge on any atom is -0.488 e. The van der Waals surface area contributed by atoms with Crippen molar-refractivity contribution in [1.29, 1.82) is 5.26 Å². The number of hydrogen-bond acceptors (Lipinski definition) is 5. The van der Waals surface area contributed by atoms with Gasteiger partial charge >= 0.3 is 5.97 Å². The molecule has 1 aromatic carbocycles. The number of hydrogen-bond donors (Lipinski definition) is 0. The molecule has 0 spiro atoms. The SMILES string of the molecule is COCCn1c(C)cc(/C=C(\C#N)C(=O)OCCOc2ccc(Cl)cc2Cl)c1C. The lowest BCUT2D eigenvalue weighted by Gasteiger charge is -2.09. The highest BCUT2D eigenvalue weighted by Crippen LogP contribution is 2.27. The van der Waals surface area contributed by atoms with Gasteiger partial charge in [-0.15, -0.1) is 0 Å². The summed E-state index contributed by atoms with van der Waals surface area (Å²) in [4.78, 5) is 12.2. The normalized spacial score (nSPS) is 11.2. The standard InChI is InChI=1S/C21H22Cl2N2O4/c1-14-10-16(15(2)25(14)6-7-27-3)11-17(13-24)21(26)29-9-8-28-20-5-4-18(22)12-19(20)23/h4-5,10-12H,6-9H2,1-3H3/b17-11+. The molecule has 0 amide bonds. The van der Waals surface area contributed by atoms with Crippen molar-refractivity contribution >= 4 is 35.2 Å². The number of carbonyl (C=O) groups excluding carboxylic acids is 1. The minimum atomic E-state index is -0.708. The first-order valence-corrected chi connectivity index (χ1v) is 9.65.